The van der Waals surface area contributed by atoms with Crippen LogP contribution < -0.4 is 4.90 Å². The van der Waals surface area contributed by atoms with Gasteiger partial charge in [0.1, 0.15) is 6.61 Å². The van der Waals surface area contributed by atoms with Crippen molar-refractivity contribution < 1.29 is 14.5 Å². The number of para-hydroxylation sites is 1. The first-order valence-electron chi connectivity index (χ1n) is 6.62. The van der Waals surface area contributed by atoms with Crippen LogP contribution in [-0.2, 0) is 4.74 Å². The van der Waals surface area contributed by atoms with E-state index in [9.17, 15) is 14.9 Å². The van der Waals surface area contributed by atoms with Gasteiger partial charge in [-0.25, -0.2) is 9.69 Å². The fraction of sp³-hybridized carbons (Fsp3) is 0.0625. The van der Waals surface area contributed by atoms with Gasteiger partial charge in [-0.2, -0.15) is 0 Å². The van der Waals surface area contributed by atoms with Crippen LogP contribution in [0.1, 0.15) is 5.56 Å². The Kier molecular flexibility index (Phi) is 3.57. The van der Waals surface area contributed by atoms with E-state index in [-0.39, 0.29) is 12.3 Å². The molecule has 2 aromatic rings. The van der Waals surface area contributed by atoms with E-state index in [2.05, 4.69) is 0 Å². The number of carbonyl (C=O) groups is 1. The molecule has 3 rings (SSSR count). The van der Waals surface area contributed by atoms with Crippen molar-refractivity contribution in [2.24, 2.45) is 0 Å². The minimum Gasteiger partial charge on any atom is -0.442 e. The zero-order chi connectivity index (χ0) is 15.5. The van der Waals surface area contributed by atoms with Crippen LogP contribution in [0.4, 0.5) is 16.2 Å². The third kappa shape index (κ3) is 2.67. The lowest BCUT2D eigenvalue weighted by Crippen LogP contribution is -2.21. The van der Waals surface area contributed by atoms with Crippen LogP contribution in [0, 0.1) is 10.1 Å². The Labute approximate surface area is 126 Å². The molecule has 0 aromatic heterocycles. The van der Waals surface area contributed by atoms with Gasteiger partial charge in [0, 0.05) is 12.1 Å². The zero-order valence-corrected chi connectivity index (χ0v) is 11.5. The molecule has 1 fully saturated rings. The molecule has 6 nitrogen and oxygen atoms in total. The second-order valence-electron chi connectivity index (χ2n) is 4.71. The van der Waals surface area contributed by atoms with E-state index in [0.29, 0.717) is 5.70 Å². The molecule has 1 heterocycles. The summed E-state index contributed by atoms with van der Waals surface area (Å²) in [5.74, 6) is 0. The molecular formula is C16H12N2O4. The Balaban J connectivity index is 1.92. The molecule has 0 bridgehead atoms. The zero-order valence-electron chi connectivity index (χ0n) is 11.5. The van der Waals surface area contributed by atoms with Gasteiger partial charge in [-0.05, 0) is 35.9 Å². The summed E-state index contributed by atoms with van der Waals surface area (Å²) in [7, 11) is 0. The lowest BCUT2D eigenvalue weighted by atomic mass is 10.1. The summed E-state index contributed by atoms with van der Waals surface area (Å²) in [5, 5.41) is 10.7. The number of rotatable bonds is 3. The fourth-order valence-electron chi connectivity index (χ4n) is 2.22. The van der Waals surface area contributed by atoms with Gasteiger partial charge in [0.15, 0.2) is 0 Å². The number of nitro groups is 1. The van der Waals surface area contributed by atoms with E-state index in [4.69, 9.17) is 4.74 Å². The summed E-state index contributed by atoms with van der Waals surface area (Å²) in [6, 6.07) is 15.3. The number of non-ortho nitro benzene ring substituents is 1. The number of carbonyl (C=O) groups excluding carboxylic acids is 1. The van der Waals surface area contributed by atoms with E-state index >= 15 is 0 Å². The summed E-state index contributed by atoms with van der Waals surface area (Å²) < 4.78 is 5.08. The van der Waals surface area contributed by atoms with E-state index in [1.54, 1.807) is 18.2 Å². The van der Waals surface area contributed by atoms with Gasteiger partial charge in [-0.1, -0.05) is 18.2 Å². The maximum atomic E-state index is 11.9. The number of cyclic esters (lactones) is 1. The van der Waals surface area contributed by atoms with Gasteiger partial charge in [0.2, 0.25) is 0 Å². The smallest absolute Gasteiger partial charge is 0.419 e. The standard InChI is InChI=1S/C16H12N2O4/c19-16-17(13-4-2-1-3-5-13)15(11-22-16)10-12-6-8-14(9-7-12)18(20)21/h1-10H,11H2/b15-10-. The van der Waals surface area contributed by atoms with E-state index < -0.39 is 11.0 Å². The average molecular weight is 296 g/mol. The third-order valence-corrected chi connectivity index (χ3v) is 3.26. The van der Waals surface area contributed by atoms with Crippen molar-refractivity contribution in [1.82, 2.24) is 0 Å². The first kappa shape index (κ1) is 13.8. The van der Waals surface area contributed by atoms with Crippen molar-refractivity contribution >= 4 is 23.5 Å². The first-order chi connectivity index (χ1) is 10.6. The first-order valence-corrected chi connectivity index (χ1v) is 6.62. The summed E-state index contributed by atoms with van der Waals surface area (Å²) in [6.45, 7) is 0.171. The number of nitro benzene ring substituents is 1. The fourth-order valence-corrected chi connectivity index (χ4v) is 2.22. The van der Waals surface area contributed by atoms with Crippen LogP contribution in [-0.4, -0.2) is 17.6 Å². The minimum atomic E-state index is -0.449. The molecule has 0 atom stereocenters. The number of anilines is 1. The largest absolute Gasteiger partial charge is 0.442 e. The number of nitrogens with zero attached hydrogens (tertiary/aromatic N) is 2. The predicted molar refractivity (Wildman–Crippen MR) is 81.3 cm³/mol. The number of benzene rings is 2. The monoisotopic (exact) mass is 296 g/mol. The quantitative estimate of drug-likeness (QED) is 0.641. The summed E-state index contributed by atoms with van der Waals surface area (Å²) in [4.78, 5) is 23.6. The molecule has 0 spiro atoms. The predicted octanol–water partition coefficient (Wildman–Crippen LogP) is 3.59. The number of amides is 1. The molecule has 0 N–H and O–H groups in total. The summed E-state index contributed by atoms with van der Waals surface area (Å²) in [5.41, 5.74) is 2.20. The Morgan fingerprint density at radius 3 is 2.41 bits per heavy atom. The van der Waals surface area contributed by atoms with Gasteiger partial charge < -0.3 is 4.74 Å². The van der Waals surface area contributed by atoms with Crippen LogP contribution in [0.25, 0.3) is 6.08 Å². The van der Waals surface area contributed by atoms with Crippen LogP contribution >= 0.6 is 0 Å². The highest BCUT2D eigenvalue weighted by molar-refractivity contribution is 5.95. The lowest BCUT2D eigenvalue weighted by Gasteiger charge is -2.14. The second kappa shape index (κ2) is 5.69. The molecular weight excluding hydrogens is 284 g/mol. The second-order valence-corrected chi connectivity index (χ2v) is 4.71. The highest BCUT2D eigenvalue weighted by atomic mass is 16.6. The van der Waals surface area contributed by atoms with Gasteiger partial charge in [-0.3, -0.25) is 10.1 Å². The molecule has 0 radical (unpaired) electrons. The van der Waals surface area contributed by atoms with Crippen LogP contribution in [0.5, 0.6) is 0 Å². The topological polar surface area (TPSA) is 72.7 Å². The van der Waals surface area contributed by atoms with Gasteiger partial charge >= 0.3 is 6.09 Å². The number of ether oxygens (including phenoxy) is 1. The van der Waals surface area contributed by atoms with Crippen molar-refractivity contribution in [3.8, 4) is 0 Å². The molecule has 6 heteroatoms. The molecule has 2 aromatic carbocycles. The number of hydrogen-bond donors (Lipinski definition) is 0. The van der Waals surface area contributed by atoms with Crippen LogP contribution in [0.2, 0.25) is 0 Å². The van der Waals surface area contributed by atoms with Gasteiger partial charge in [0.05, 0.1) is 16.3 Å². The van der Waals surface area contributed by atoms with E-state index in [1.165, 1.54) is 17.0 Å². The number of hydrogen-bond acceptors (Lipinski definition) is 4. The molecule has 22 heavy (non-hydrogen) atoms. The Hall–Kier alpha value is -3.15. The highest BCUT2D eigenvalue weighted by Crippen LogP contribution is 2.27. The molecule has 1 saturated heterocycles. The maximum absolute atomic E-state index is 11.9. The molecule has 0 unspecified atom stereocenters. The van der Waals surface area contributed by atoms with E-state index in [1.807, 2.05) is 30.3 Å². The maximum Gasteiger partial charge on any atom is 0.419 e. The normalized spacial score (nSPS) is 15.9. The van der Waals surface area contributed by atoms with Crippen molar-refractivity contribution in [2.45, 2.75) is 0 Å². The van der Waals surface area contributed by atoms with Crippen molar-refractivity contribution in [3.05, 3.63) is 76.0 Å². The molecule has 1 aliphatic heterocycles. The average Bonchev–Trinajstić information content (AvgIpc) is 2.89. The van der Waals surface area contributed by atoms with Crippen molar-refractivity contribution in [1.29, 1.82) is 0 Å². The Bertz CT molecular complexity index is 739. The molecule has 1 aliphatic rings. The molecule has 110 valence electrons. The Morgan fingerprint density at radius 2 is 1.77 bits per heavy atom. The third-order valence-electron chi connectivity index (χ3n) is 3.26. The molecule has 0 saturated carbocycles. The SMILES string of the molecule is O=C1OC/C(=C/c2ccc([N+](=O)[O-])cc2)N1c1ccccc1. The molecule has 1 amide bonds. The lowest BCUT2D eigenvalue weighted by molar-refractivity contribution is -0.384. The van der Waals surface area contributed by atoms with Gasteiger partial charge in [0.25, 0.3) is 5.69 Å². The summed E-state index contributed by atoms with van der Waals surface area (Å²) in [6.07, 6.45) is 1.35. The van der Waals surface area contributed by atoms with Crippen LogP contribution in [0.15, 0.2) is 60.3 Å². The molecule has 0 aliphatic carbocycles. The van der Waals surface area contributed by atoms with Crippen LogP contribution in [0.3, 0.4) is 0 Å². The summed E-state index contributed by atoms with van der Waals surface area (Å²) >= 11 is 0. The highest BCUT2D eigenvalue weighted by Gasteiger charge is 2.28. The Morgan fingerprint density at radius 1 is 1.09 bits per heavy atom. The minimum absolute atomic E-state index is 0.0285. The van der Waals surface area contributed by atoms with Gasteiger partial charge in [-0.15, -0.1) is 0 Å². The van der Waals surface area contributed by atoms with Crippen molar-refractivity contribution in [3.63, 3.8) is 0 Å². The van der Waals surface area contributed by atoms with E-state index in [0.717, 1.165) is 11.3 Å². The van der Waals surface area contributed by atoms with Crippen molar-refractivity contribution in [2.75, 3.05) is 11.5 Å².